The fraction of sp³-hybridized carbons (Fsp3) is 0.0909. The monoisotopic (exact) mass is 247 g/mol. The molecule has 2 aromatic heterocycles. The van der Waals surface area contributed by atoms with Gasteiger partial charge < -0.3 is 10.2 Å². The number of nitrogen functional groups attached to an aromatic ring is 1. The van der Waals surface area contributed by atoms with E-state index in [-0.39, 0.29) is 4.94 Å². The van der Waals surface area contributed by atoms with E-state index in [1.165, 1.54) is 0 Å². The molecule has 0 spiro atoms. The molecule has 6 heteroatoms. The first-order chi connectivity index (χ1) is 8.15. The molecule has 0 unspecified atom stereocenters. The number of anilines is 1. The van der Waals surface area contributed by atoms with Crippen molar-refractivity contribution in [3.8, 4) is 11.1 Å². The molecule has 0 aliphatic carbocycles. The number of fused-ring (bicyclic) bond motifs is 1. The van der Waals surface area contributed by atoms with E-state index in [1.54, 1.807) is 24.0 Å². The quantitative estimate of drug-likeness (QED) is 0.712. The third-order valence-corrected chi connectivity index (χ3v) is 3.43. The van der Waals surface area contributed by atoms with Crippen LogP contribution in [0.15, 0.2) is 33.6 Å². The summed E-state index contributed by atoms with van der Waals surface area (Å²) in [6.45, 7) is 0. The number of aromatic nitrogens is 2. The van der Waals surface area contributed by atoms with Gasteiger partial charge in [0.05, 0.1) is 10.9 Å². The van der Waals surface area contributed by atoms with Crippen LogP contribution in [0.25, 0.3) is 21.4 Å². The van der Waals surface area contributed by atoms with Crippen molar-refractivity contribution in [1.82, 2.24) is 9.78 Å². The summed E-state index contributed by atoms with van der Waals surface area (Å²) in [6, 6.07) is 5.56. The molecule has 0 saturated carbocycles. The van der Waals surface area contributed by atoms with Gasteiger partial charge in [0.15, 0.2) is 0 Å². The van der Waals surface area contributed by atoms with Crippen molar-refractivity contribution in [2.75, 3.05) is 5.73 Å². The lowest BCUT2D eigenvalue weighted by Crippen LogP contribution is -1.97. The maximum Gasteiger partial charge on any atom is 0.396 e. The summed E-state index contributed by atoms with van der Waals surface area (Å²) >= 11 is 1.09. The summed E-state index contributed by atoms with van der Waals surface area (Å²) in [7, 11) is 1.78. The molecule has 3 aromatic rings. The lowest BCUT2D eigenvalue weighted by Gasteiger charge is -2.00. The highest BCUT2D eigenvalue weighted by Crippen LogP contribution is 2.28. The minimum Gasteiger partial charge on any atom is -0.414 e. The van der Waals surface area contributed by atoms with Gasteiger partial charge in [-0.3, -0.25) is 4.68 Å². The van der Waals surface area contributed by atoms with Crippen LogP contribution in [0.5, 0.6) is 0 Å². The molecule has 0 amide bonds. The second-order valence-corrected chi connectivity index (χ2v) is 4.66. The number of rotatable bonds is 1. The molecule has 0 aliphatic heterocycles. The summed E-state index contributed by atoms with van der Waals surface area (Å²) in [6.07, 6.45) is 1.70. The van der Waals surface area contributed by atoms with Crippen molar-refractivity contribution in [3.05, 3.63) is 34.1 Å². The fourth-order valence-electron chi connectivity index (χ4n) is 1.71. The number of nitrogens with two attached hydrogens (primary N) is 1. The normalized spacial score (nSPS) is 11.1. The van der Waals surface area contributed by atoms with E-state index in [9.17, 15) is 4.79 Å². The van der Waals surface area contributed by atoms with Gasteiger partial charge in [-0.2, -0.15) is 5.10 Å². The van der Waals surface area contributed by atoms with Gasteiger partial charge in [0.1, 0.15) is 11.4 Å². The van der Waals surface area contributed by atoms with Crippen molar-refractivity contribution in [1.29, 1.82) is 0 Å². The van der Waals surface area contributed by atoms with Gasteiger partial charge in [0.25, 0.3) is 0 Å². The van der Waals surface area contributed by atoms with Gasteiger partial charge in [-0.1, -0.05) is 17.4 Å². The molecule has 0 bridgehead atoms. The molecule has 0 radical (unpaired) electrons. The van der Waals surface area contributed by atoms with Crippen LogP contribution in [-0.4, -0.2) is 9.78 Å². The van der Waals surface area contributed by atoms with E-state index in [1.807, 2.05) is 12.1 Å². The first-order valence-corrected chi connectivity index (χ1v) is 5.78. The Morgan fingerprint density at radius 3 is 3.00 bits per heavy atom. The van der Waals surface area contributed by atoms with E-state index in [0.29, 0.717) is 11.4 Å². The minimum absolute atomic E-state index is 0.295. The van der Waals surface area contributed by atoms with Crippen LogP contribution < -0.4 is 10.7 Å². The highest BCUT2D eigenvalue weighted by molar-refractivity contribution is 7.16. The van der Waals surface area contributed by atoms with Crippen LogP contribution in [0.2, 0.25) is 0 Å². The first-order valence-electron chi connectivity index (χ1n) is 4.97. The van der Waals surface area contributed by atoms with E-state index in [2.05, 4.69) is 5.10 Å². The Hall–Kier alpha value is -2.08. The second kappa shape index (κ2) is 3.46. The molecule has 86 valence electrons. The predicted molar refractivity (Wildman–Crippen MR) is 67.0 cm³/mol. The number of hydrogen-bond acceptors (Lipinski definition) is 5. The maximum atomic E-state index is 11.1. The number of aryl methyl sites for hydroxylation is 1. The lowest BCUT2D eigenvalue weighted by molar-refractivity contribution is 0.585. The molecule has 2 heterocycles. The molecule has 2 N–H and O–H groups in total. The average molecular weight is 247 g/mol. The van der Waals surface area contributed by atoms with Crippen molar-refractivity contribution >= 4 is 27.4 Å². The van der Waals surface area contributed by atoms with Crippen molar-refractivity contribution in [2.24, 2.45) is 7.05 Å². The van der Waals surface area contributed by atoms with Crippen LogP contribution in [-0.2, 0) is 7.05 Å². The van der Waals surface area contributed by atoms with Gasteiger partial charge in [-0.25, -0.2) is 4.79 Å². The van der Waals surface area contributed by atoms with Gasteiger partial charge >= 0.3 is 4.94 Å². The Bertz CT molecular complexity index is 754. The summed E-state index contributed by atoms with van der Waals surface area (Å²) in [5, 5.41) is 4.08. The lowest BCUT2D eigenvalue weighted by atomic mass is 10.1. The van der Waals surface area contributed by atoms with E-state index in [4.69, 9.17) is 10.2 Å². The SMILES string of the molecule is Cn1ncc(-c2ccc3sc(=O)oc3c2)c1N. The van der Waals surface area contributed by atoms with Gasteiger partial charge in [0.2, 0.25) is 0 Å². The van der Waals surface area contributed by atoms with Crippen LogP contribution in [0.3, 0.4) is 0 Å². The number of benzene rings is 1. The molecule has 0 fully saturated rings. The van der Waals surface area contributed by atoms with E-state index in [0.717, 1.165) is 27.2 Å². The molecule has 3 rings (SSSR count). The molecular weight excluding hydrogens is 238 g/mol. The zero-order valence-corrected chi connectivity index (χ0v) is 9.82. The van der Waals surface area contributed by atoms with Gasteiger partial charge in [0, 0.05) is 12.6 Å². The Morgan fingerprint density at radius 2 is 2.29 bits per heavy atom. The largest absolute Gasteiger partial charge is 0.414 e. The van der Waals surface area contributed by atoms with E-state index < -0.39 is 0 Å². The highest BCUT2D eigenvalue weighted by atomic mass is 32.1. The molecule has 17 heavy (non-hydrogen) atoms. The Kier molecular flexibility index (Phi) is 2.05. The van der Waals surface area contributed by atoms with E-state index >= 15 is 0 Å². The van der Waals surface area contributed by atoms with Gasteiger partial charge in [-0.15, -0.1) is 0 Å². The molecule has 5 nitrogen and oxygen atoms in total. The Labute approximate surface area is 100 Å². The zero-order valence-electron chi connectivity index (χ0n) is 9.01. The van der Waals surface area contributed by atoms with Crippen LogP contribution >= 0.6 is 11.3 Å². The summed E-state index contributed by atoms with van der Waals surface area (Å²) in [5.41, 5.74) is 8.21. The highest BCUT2D eigenvalue weighted by Gasteiger charge is 2.09. The van der Waals surface area contributed by atoms with Crippen LogP contribution in [0.4, 0.5) is 5.82 Å². The van der Waals surface area contributed by atoms with Crippen LogP contribution in [0, 0.1) is 0 Å². The fourth-order valence-corrected chi connectivity index (χ4v) is 2.36. The summed E-state index contributed by atoms with van der Waals surface area (Å²) < 4.78 is 7.51. The second-order valence-electron chi connectivity index (χ2n) is 3.68. The number of hydrogen-bond donors (Lipinski definition) is 1. The molecular formula is C11H9N3O2S. The smallest absolute Gasteiger partial charge is 0.396 e. The molecule has 0 saturated heterocycles. The Balaban J connectivity index is 2.24. The predicted octanol–water partition coefficient (Wildman–Crippen LogP) is 1.84. The summed E-state index contributed by atoms with van der Waals surface area (Å²) in [4.78, 5) is 10.8. The van der Waals surface area contributed by atoms with Crippen LogP contribution in [0.1, 0.15) is 0 Å². The maximum absolute atomic E-state index is 11.1. The molecule has 1 aromatic carbocycles. The van der Waals surface area contributed by atoms with Crippen molar-refractivity contribution in [3.63, 3.8) is 0 Å². The molecule has 0 atom stereocenters. The summed E-state index contributed by atoms with van der Waals surface area (Å²) in [5.74, 6) is 0.585. The standard InChI is InChI=1S/C11H9N3O2S/c1-14-10(12)7(5-13-14)6-2-3-9-8(4-6)16-11(15)17-9/h2-5H,12H2,1H3. The zero-order chi connectivity index (χ0) is 12.0. The Morgan fingerprint density at radius 1 is 1.47 bits per heavy atom. The van der Waals surface area contributed by atoms with Crippen molar-refractivity contribution in [2.45, 2.75) is 0 Å². The third-order valence-electron chi connectivity index (χ3n) is 2.63. The van der Waals surface area contributed by atoms with Gasteiger partial charge in [-0.05, 0) is 17.7 Å². The molecule has 0 aliphatic rings. The third kappa shape index (κ3) is 1.53. The van der Waals surface area contributed by atoms with Crippen molar-refractivity contribution < 1.29 is 4.42 Å². The first kappa shape index (κ1) is 10.1. The topological polar surface area (TPSA) is 74.0 Å². The minimum atomic E-state index is -0.295. The average Bonchev–Trinajstić information content (AvgIpc) is 2.81. The number of nitrogens with zero attached hydrogens (tertiary/aromatic N) is 2.